The van der Waals surface area contributed by atoms with Crippen LogP contribution in [-0.4, -0.2) is 29.5 Å². The number of carbonyl (C=O) groups excluding carboxylic acids is 2. The molecule has 0 radical (unpaired) electrons. The third-order valence-electron chi connectivity index (χ3n) is 3.71. The molecule has 2 aromatic carbocycles. The van der Waals surface area contributed by atoms with Crippen LogP contribution >= 0.6 is 35.1 Å². The van der Waals surface area contributed by atoms with Crippen LogP contribution in [0.25, 0.3) is 0 Å². The van der Waals surface area contributed by atoms with Gasteiger partial charge in [-0.05, 0) is 48.7 Å². The minimum absolute atomic E-state index is 0.137. The first-order valence-corrected chi connectivity index (χ1v) is 9.48. The zero-order valence-corrected chi connectivity index (χ0v) is 16.3. The van der Waals surface area contributed by atoms with Gasteiger partial charge in [-0.15, -0.1) is 0 Å². The summed E-state index contributed by atoms with van der Waals surface area (Å²) in [5.74, 6) is -0.447. The van der Waals surface area contributed by atoms with E-state index < -0.39 is 5.97 Å². The highest BCUT2D eigenvalue weighted by Gasteiger charge is 2.32. The van der Waals surface area contributed by atoms with Gasteiger partial charge in [-0.2, -0.15) is 0 Å². The Kier molecular flexibility index (Phi) is 5.96. The van der Waals surface area contributed by atoms with Gasteiger partial charge in [0, 0.05) is 0 Å². The molecular formula is C18H16Cl2N2O3S. The highest BCUT2D eigenvalue weighted by Crippen LogP contribution is 2.39. The molecule has 0 atom stereocenters. The monoisotopic (exact) mass is 410 g/mol. The molecular weight excluding hydrogens is 395 g/mol. The third-order valence-corrected chi connectivity index (χ3v) is 5.50. The lowest BCUT2D eigenvalue weighted by Crippen LogP contribution is -2.45. The van der Waals surface area contributed by atoms with Gasteiger partial charge in [0.25, 0.3) is 0 Å². The Hall–Kier alpha value is -1.89. The minimum Gasteiger partial charge on any atom is -0.465 e. The summed E-state index contributed by atoms with van der Waals surface area (Å²) in [6, 6.07) is 12.4. The second kappa shape index (κ2) is 8.20. The number of halogens is 2. The first-order chi connectivity index (χ1) is 12.5. The van der Waals surface area contributed by atoms with E-state index in [1.54, 1.807) is 23.4 Å². The number of rotatable bonds is 5. The van der Waals surface area contributed by atoms with E-state index in [1.165, 1.54) is 16.8 Å². The molecule has 8 heteroatoms. The van der Waals surface area contributed by atoms with Crippen molar-refractivity contribution in [2.45, 2.75) is 18.4 Å². The van der Waals surface area contributed by atoms with E-state index in [9.17, 15) is 9.59 Å². The number of carbonyl (C=O) groups is 2. The predicted octanol–water partition coefficient (Wildman–Crippen LogP) is 5.01. The van der Waals surface area contributed by atoms with Gasteiger partial charge < -0.3 is 4.74 Å². The lowest BCUT2D eigenvalue weighted by Gasteiger charge is -2.35. The number of fused-ring (bicyclic) bond motifs is 1. The molecule has 1 heterocycles. The molecule has 0 unspecified atom stereocenters. The maximum Gasteiger partial charge on any atom is 0.335 e. The first-order valence-electron chi connectivity index (χ1n) is 7.95. The molecule has 0 aliphatic carbocycles. The van der Waals surface area contributed by atoms with Gasteiger partial charge in [-0.1, -0.05) is 41.4 Å². The van der Waals surface area contributed by atoms with Gasteiger partial charge in [0.2, 0.25) is 0 Å². The fourth-order valence-corrected chi connectivity index (χ4v) is 3.90. The molecule has 3 rings (SSSR count). The van der Waals surface area contributed by atoms with Crippen LogP contribution < -0.4 is 4.90 Å². The Labute approximate surface area is 165 Å². The van der Waals surface area contributed by atoms with Crippen LogP contribution in [0.1, 0.15) is 12.5 Å². The van der Waals surface area contributed by atoms with E-state index in [4.69, 9.17) is 27.9 Å². The zero-order chi connectivity index (χ0) is 18.7. The lowest BCUT2D eigenvalue weighted by atomic mass is 10.2. The standard InChI is InChI=1S/C18H16Cl2N2O3S/c1-2-25-17(23)11-21-15-5-3-4-6-16(15)26-22(18(21)24)10-12-7-8-13(19)14(20)9-12/h3-9H,2,10-11H2,1H3. The van der Waals surface area contributed by atoms with E-state index >= 15 is 0 Å². The van der Waals surface area contributed by atoms with Crippen molar-refractivity contribution in [3.8, 4) is 0 Å². The van der Waals surface area contributed by atoms with Gasteiger partial charge in [-0.3, -0.25) is 14.0 Å². The van der Waals surface area contributed by atoms with E-state index in [0.29, 0.717) is 22.3 Å². The molecule has 0 fully saturated rings. The van der Waals surface area contributed by atoms with E-state index in [1.807, 2.05) is 30.3 Å². The summed E-state index contributed by atoms with van der Waals surface area (Å²) in [7, 11) is 0. The number of ether oxygens (including phenoxy) is 1. The van der Waals surface area contributed by atoms with Gasteiger partial charge in [-0.25, -0.2) is 4.79 Å². The number of hydrogen-bond acceptors (Lipinski definition) is 4. The maximum atomic E-state index is 12.9. The van der Waals surface area contributed by atoms with Crippen LogP contribution in [0.2, 0.25) is 10.0 Å². The van der Waals surface area contributed by atoms with Crippen LogP contribution in [-0.2, 0) is 16.1 Å². The van der Waals surface area contributed by atoms with Gasteiger partial charge in [0.1, 0.15) is 6.54 Å². The summed E-state index contributed by atoms with van der Waals surface area (Å²) in [6.45, 7) is 2.19. The summed E-state index contributed by atoms with van der Waals surface area (Å²) in [6.07, 6.45) is 0. The Morgan fingerprint density at radius 1 is 1.15 bits per heavy atom. The zero-order valence-electron chi connectivity index (χ0n) is 13.9. The van der Waals surface area contributed by atoms with Crippen molar-refractivity contribution in [2.75, 3.05) is 18.1 Å². The molecule has 136 valence electrons. The van der Waals surface area contributed by atoms with E-state index in [-0.39, 0.29) is 19.2 Å². The molecule has 5 nitrogen and oxygen atoms in total. The molecule has 0 aromatic heterocycles. The smallest absolute Gasteiger partial charge is 0.335 e. The average Bonchev–Trinajstić information content (AvgIpc) is 2.62. The molecule has 1 aliphatic rings. The average molecular weight is 411 g/mol. The lowest BCUT2D eigenvalue weighted by molar-refractivity contribution is -0.141. The molecule has 1 aliphatic heterocycles. The maximum absolute atomic E-state index is 12.9. The van der Waals surface area contributed by atoms with E-state index in [0.717, 1.165) is 10.5 Å². The van der Waals surface area contributed by atoms with Crippen LogP contribution in [0.3, 0.4) is 0 Å². The van der Waals surface area contributed by atoms with Crippen LogP contribution in [0.5, 0.6) is 0 Å². The number of amides is 2. The second-order valence-corrected chi connectivity index (χ2v) is 7.40. The molecule has 0 spiro atoms. The van der Waals surface area contributed by atoms with Crippen LogP contribution in [0, 0.1) is 0 Å². The Bertz CT molecular complexity index is 847. The molecule has 0 saturated heterocycles. The normalized spacial score (nSPS) is 13.6. The number of benzene rings is 2. The van der Waals surface area contributed by atoms with Crippen LogP contribution in [0.15, 0.2) is 47.4 Å². The highest BCUT2D eigenvalue weighted by atomic mass is 35.5. The third kappa shape index (κ3) is 4.09. The molecule has 2 aromatic rings. The number of anilines is 1. The Morgan fingerprint density at radius 3 is 2.65 bits per heavy atom. The van der Waals surface area contributed by atoms with Crippen molar-refractivity contribution in [1.82, 2.24) is 4.31 Å². The number of nitrogens with zero attached hydrogens (tertiary/aromatic N) is 2. The molecule has 0 saturated carbocycles. The summed E-state index contributed by atoms with van der Waals surface area (Å²) in [5.41, 5.74) is 1.54. The fourth-order valence-electron chi connectivity index (χ4n) is 2.55. The minimum atomic E-state index is -0.447. The fraction of sp³-hybridized carbons (Fsp3) is 0.222. The quantitative estimate of drug-likeness (QED) is 0.513. The molecule has 0 N–H and O–H groups in total. The second-order valence-electron chi connectivity index (χ2n) is 5.52. The topological polar surface area (TPSA) is 49.9 Å². The largest absolute Gasteiger partial charge is 0.465 e. The summed E-state index contributed by atoms with van der Waals surface area (Å²) < 4.78 is 6.58. The predicted molar refractivity (Wildman–Crippen MR) is 104 cm³/mol. The van der Waals surface area contributed by atoms with Crippen molar-refractivity contribution >= 4 is 52.8 Å². The SMILES string of the molecule is CCOC(=O)CN1C(=O)N(Cc2ccc(Cl)c(Cl)c2)Sc2ccccc21. The number of hydrogen-bond donors (Lipinski definition) is 0. The Balaban J connectivity index is 1.87. The van der Waals surface area contributed by atoms with Crippen molar-refractivity contribution in [3.05, 3.63) is 58.1 Å². The van der Waals surface area contributed by atoms with Gasteiger partial charge in [0.15, 0.2) is 0 Å². The first kappa shape index (κ1) is 18.9. The summed E-state index contributed by atoms with van der Waals surface area (Å²) in [5, 5.41) is 0.893. The molecule has 2 amide bonds. The van der Waals surface area contributed by atoms with Crippen LogP contribution in [0.4, 0.5) is 10.5 Å². The highest BCUT2D eigenvalue weighted by molar-refractivity contribution is 7.97. The molecule has 26 heavy (non-hydrogen) atoms. The van der Waals surface area contributed by atoms with Gasteiger partial charge >= 0.3 is 12.0 Å². The van der Waals surface area contributed by atoms with Crippen molar-refractivity contribution in [3.63, 3.8) is 0 Å². The van der Waals surface area contributed by atoms with Crippen molar-refractivity contribution < 1.29 is 14.3 Å². The van der Waals surface area contributed by atoms with Gasteiger partial charge in [0.05, 0.1) is 33.8 Å². The number of para-hydroxylation sites is 1. The number of urea groups is 1. The summed E-state index contributed by atoms with van der Waals surface area (Å²) >= 11 is 13.3. The Morgan fingerprint density at radius 2 is 1.92 bits per heavy atom. The summed E-state index contributed by atoms with van der Waals surface area (Å²) in [4.78, 5) is 27.2. The van der Waals surface area contributed by atoms with Crippen molar-refractivity contribution in [2.24, 2.45) is 0 Å². The molecule has 0 bridgehead atoms. The van der Waals surface area contributed by atoms with Crippen molar-refractivity contribution in [1.29, 1.82) is 0 Å². The van der Waals surface area contributed by atoms with E-state index in [2.05, 4.69) is 0 Å². The number of esters is 1.